The van der Waals surface area contributed by atoms with Gasteiger partial charge in [0, 0.05) is 24.4 Å². The summed E-state index contributed by atoms with van der Waals surface area (Å²) < 4.78 is 18.6. The van der Waals surface area contributed by atoms with Crippen molar-refractivity contribution in [1.82, 2.24) is 4.98 Å². The Hall–Kier alpha value is -2.53. The quantitative estimate of drug-likeness (QED) is 0.631. The van der Waals surface area contributed by atoms with E-state index >= 15 is 0 Å². The lowest BCUT2D eigenvalue weighted by molar-refractivity contribution is -0.385. The molecule has 0 atom stereocenters. The summed E-state index contributed by atoms with van der Waals surface area (Å²) >= 11 is 2.86. The van der Waals surface area contributed by atoms with Crippen LogP contribution in [0.2, 0.25) is 0 Å². The molecule has 2 aromatic rings. The van der Waals surface area contributed by atoms with Crippen molar-refractivity contribution in [2.45, 2.75) is 0 Å². The Morgan fingerprint density at radius 3 is 2.85 bits per heavy atom. The van der Waals surface area contributed by atoms with E-state index in [9.17, 15) is 14.5 Å². The van der Waals surface area contributed by atoms with E-state index < -0.39 is 16.4 Å². The lowest BCUT2D eigenvalue weighted by Gasteiger charge is -2.06. The maximum Gasteiger partial charge on any atom is 0.312 e. The van der Waals surface area contributed by atoms with E-state index in [1.54, 1.807) is 0 Å². The minimum absolute atomic E-state index is 0.0335. The first-order valence-corrected chi connectivity index (χ1v) is 5.98. The van der Waals surface area contributed by atoms with Gasteiger partial charge in [0.2, 0.25) is 11.6 Å². The van der Waals surface area contributed by atoms with Gasteiger partial charge in [-0.25, -0.2) is 9.37 Å². The van der Waals surface area contributed by atoms with E-state index in [1.165, 1.54) is 18.3 Å². The van der Waals surface area contributed by atoms with Crippen molar-refractivity contribution in [3.05, 3.63) is 56.4 Å². The largest absolute Gasteiger partial charge is 0.432 e. The summed E-state index contributed by atoms with van der Waals surface area (Å²) in [6.07, 6.45) is 1.31. The number of aromatic nitrogens is 1. The van der Waals surface area contributed by atoms with Crippen LogP contribution in [-0.2, 0) is 0 Å². The summed E-state index contributed by atoms with van der Waals surface area (Å²) in [5, 5.41) is 19.7. The van der Waals surface area contributed by atoms with Gasteiger partial charge >= 0.3 is 5.69 Å². The number of hydrogen-bond acceptors (Lipinski definition) is 5. The van der Waals surface area contributed by atoms with Crippen molar-refractivity contribution < 1.29 is 14.1 Å². The van der Waals surface area contributed by atoms with E-state index in [1.807, 2.05) is 6.07 Å². The topological polar surface area (TPSA) is 89.0 Å². The lowest BCUT2D eigenvalue weighted by atomic mass is 10.3. The fraction of sp³-hybridized carbons (Fsp3) is 0. The van der Waals surface area contributed by atoms with Crippen molar-refractivity contribution in [3.8, 4) is 17.7 Å². The maximum absolute atomic E-state index is 13.4. The molecule has 100 valence electrons. The number of nitrogens with zero attached hydrogens (tertiary/aromatic N) is 3. The summed E-state index contributed by atoms with van der Waals surface area (Å²) in [4.78, 5) is 14.0. The second-order valence-corrected chi connectivity index (χ2v) is 4.44. The van der Waals surface area contributed by atoms with Crippen molar-refractivity contribution in [1.29, 1.82) is 5.26 Å². The van der Waals surface area contributed by atoms with E-state index in [0.29, 0.717) is 0 Å². The molecule has 0 fully saturated rings. The zero-order valence-electron chi connectivity index (χ0n) is 9.71. The molecule has 0 N–H and O–H groups in total. The summed E-state index contributed by atoms with van der Waals surface area (Å²) in [7, 11) is 0. The summed E-state index contributed by atoms with van der Waals surface area (Å²) in [5.74, 6) is -1.03. The van der Waals surface area contributed by atoms with Gasteiger partial charge < -0.3 is 4.74 Å². The molecule has 1 heterocycles. The van der Waals surface area contributed by atoms with Crippen molar-refractivity contribution in [2.24, 2.45) is 0 Å². The average molecular weight is 338 g/mol. The van der Waals surface area contributed by atoms with E-state index in [-0.39, 0.29) is 21.7 Å². The molecule has 1 aromatic heterocycles. The predicted molar refractivity (Wildman–Crippen MR) is 69.8 cm³/mol. The van der Waals surface area contributed by atoms with Crippen molar-refractivity contribution in [3.63, 3.8) is 0 Å². The molecular weight excluding hydrogens is 333 g/mol. The highest BCUT2D eigenvalue weighted by Crippen LogP contribution is 2.34. The monoisotopic (exact) mass is 337 g/mol. The molecule has 0 bridgehead atoms. The maximum atomic E-state index is 13.4. The van der Waals surface area contributed by atoms with Gasteiger partial charge in [-0.1, -0.05) is 0 Å². The summed E-state index contributed by atoms with van der Waals surface area (Å²) in [6.45, 7) is 0. The molecule has 0 saturated carbocycles. The minimum Gasteiger partial charge on any atom is -0.432 e. The highest BCUT2D eigenvalue weighted by molar-refractivity contribution is 9.10. The zero-order chi connectivity index (χ0) is 14.7. The molecule has 0 aliphatic rings. The van der Waals surface area contributed by atoms with Crippen LogP contribution in [0, 0.1) is 27.3 Å². The second kappa shape index (κ2) is 5.63. The third-order valence-corrected chi connectivity index (χ3v) is 2.88. The van der Waals surface area contributed by atoms with Gasteiger partial charge in [-0.05, 0) is 22.0 Å². The molecule has 0 aliphatic heterocycles. The van der Waals surface area contributed by atoms with Crippen LogP contribution in [0.25, 0.3) is 0 Å². The van der Waals surface area contributed by atoms with Gasteiger partial charge in [0.1, 0.15) is 5.82 Å². The van der Waals surface area contributed by atoms with Crippen LogP contribution in [0.5, 0.6) is 11.6 Å². The third kappa shape index (κ3) is 2.89. The molecule has 0 unspecified atom stereocenters. The van der Waals surface area contributed by atoms with Crippen LogP contribution in [0.4, 0.5) is 10.1 Å². The number of pyridine rings is 1. The Labute approximate surface area is 120 Å². The SMILES string of the molecule is N#Cc1ccnc(Oc2cc(F)c(Br)cc2[N+](=O)[O-])c1. The second-order valence-electron chi connectivity index (χ2n) is 3.59. The third-order valence-electron chi connectivity index (χ3n) is 2.28. The molecule has 0 aliphatic carbocycles. The smallest absolute Gasteiger partial charge is 0.312 e. The van der Waals surface area contributed by atoms with Crippen LogP contribution in [0.3, 0.4) is 0 Å². The molecule has 20 heavy (non-hydrogen) atoms. The Morgan fingerprint density at radius 2 is 2.20 bits per heavy atom. The first kappa shape index (κ1) is 13.9. The first-order chi connectivity index (χ1) is 9.51. The average Bonchev–Trinajstić information content (AvgIpc) is 2.42. The number of hydrogen-bond donors (Lipinski definition) is 0. The number of nitriles is 1. The van der Waals surface area contributed by atoms with Gasteiger partial charge in [0.25, 0.3) is 0 Å². The molecule has 0 spiro atoms. The van der Waals surface area contributed by atoms with Crippen LogP contribution in [-0.4, -0.2) is 9.91 Å². The molecule has 6 nitrogen and oxygen atoms in total. The Balaban J connectivity index is 2.45. The van der Waals surface area contributed by atoms with Crippen molar-refractivity contribution in [2.75, 3.05) is 0 Å². The fourth-order valence-corrected chi connectivity index (χ4v) is 1.72. The zero-order valence-corrected chi connectivity index (χ0v) is 11.3. The normalized spacial score (nSPS) is 9.85. The molecule has 0 radical (unpaired) electrons. The van der Waals surface area contributed by atoms with E-state index in [2.05, 4.69) is 20.9 Å². The summed E-state index contributed by atoms with van der Waals surface area (Å²) in [5.41, 5.74) is -0.141. The van der Waals surface area contributed by atoms with Gasteiger partial charge in [0.15, 0.2) is 0 Å². The molecule has 1 aromatic carbocycles. The number of ether oxygens (including phenoxy) is 1. The van der Waals surface area contributed by atoms with Crippen LogP contribution in [0.1, 0.15) is 5.56 Å². The Morgan fingerprint density at radius 1 is 1.45 bits per heavy atom. The number of rotatable bonds is 3. The predicted octanol–water partition coefficient (Wildman–Crippen LogP) is 3.56. The number of nitro benzene ring substituents is 1. The fourth-order valence-electron chi connectivity index (χ4n) is 1.39. The van der Waals surface area contributed by atoms with E-state index in [0.717, 1.165) is 12.1 Å². The number of halogens is 2. The highest BCUT2D eigenvalue weighted by Gasteiger charge is 2.20. The number of benzene rings is 1. The Bertz CT molecular complexity index is 730. The molecule has 8 heteroatoms. The molecular formula is C12H5BrFN3O3. The van der Waals surface area contributed by atoms with Gasteiger partial charge in [-0.15, -0.1) is 0 Å². The van der Waals surface area contributed by atoms with Crippen LogP contribution < -0.4 is 4.74 Å². The van der Waals surface area contributed by atoms with Gasteiger partial charge in [-0.2, -0.15) is 5.26 Å². The highest BCUT2D eigenvalue weighted by atomic mass is 79.9. The van der Waals surface area contributed by atoms with Crippen molar-refractivity contribution >= 4 is 21.6 Å². The Kier molecular flexibility index (Phi) is 3.91. The molecule has 2 rings (SSSR count). The summed E-state index contributed by atoms with van der Waals surface area (Å²) in [6, 6.07) is 6.50. The van der Waals surface area contributed by atoms with E-state index in [4.69, 9.17) is 10.00 Å². The van der Waals surface area contributed by atoms with Gasteiger partial charge in [-0.3, -0.25) is 10.1 Å². The standard InChI is InChI=1S/C12H5BrFN3O3/c13-8-4-10(17(18)19)11(5-9(8)14)20-12-3-7(6-15)1-2-16-12/h1-5H. The lowest BCUT2D eigenvalue weighted by Crippen LogP contribution is -1.96. The molecule has 0 saturated heterocycles. The van der Waals surface area contributed by atoms with Gasteiger partial charge in [0.05, 0.1) is 21.0 Å². The minimum atomic E-state index is -0.706. The molecule has 0 amide bonds. The number of nitro groups is 1. The van der Waals surface area contributed by atoms with Crippen LogP contribution in [0.15, 0.2) is 34.9 Å². The first-order valence-electron chi connectivity index (χ1n) is 5.18. The van der Waals surface area contributed by atoms with Crippen LogP contribution >= 0.6 is 15.9 Å².